The van der Waals surface area contributed by atoms with Gasteiger partial charge < -0.3 is 4.90 Å². The summed E-state index contributed by atoms with van der Waals surface area (Å²) in [5.41, 5.74) is 3.24. The van der Waals surface area contributed by atoms with Gasteiger partial charge in [-0.15, -0.1) is 11.3 Å². The molecule has 1 unspecified atom stereocenters. The second-order valence-electron chi connectivity index (χ2n) is 7.15. The zero-order chi connectivity index (χ0) is 17.1. The van der Waals surface area contributed by atoms with Crippen molar-refractivity contribution in [2.45, 2.75) is 33.7 Å². The molecule has 0 aromatic carbocycles. The SMILES string of the molecule is Cc1cc2ncc(C(=O)N3CC(C)(C)C3c3cccs3)c(C)n2n1. The molecule has 1 aliphatic heterocycles. The second kappa shape index (κ2) is 5.14. The molecule has 0 aliphatic carbocycles. The predicted octanol–water partition coefficient (Wildman–Crippen LogP) is 3.63. The minimum Gasteiger partial charge on any atom is -0.329 e. The van der Waals surface area contributed by atoms with Gasteiger partial charge in [0.05, 0.1) is 23.0 Å². The molecule has 1 amide bonds. The van der Waals surface area contributed by atoms with Crippen LogP contribution >= 0.6 is 11.3 Å². The molecule has 1 fully saturated rings. The normalized spacial score (nSPS) is 19.5. The van der Waals surface area contributed by atoms with Crippen LogP contribution in [0, 0.1) is 19.3 Å². The number of carbonyl (C=O) groups excluding carboxylic acids is 1. The topological polar surface area (TPSA) is 50.5 Å². The molecule has 24 heavy (non-hydrogen) atoms. The minimum absolute atomic E-state index is 0.0350. The predicted molar refractivity (Wildman–Crippen MR) is 94.3 cm³/mol. The van der Waals surface area contributed by atoms with Gasteiger partial charge in [-0.25, -0.2) is 9.50 Å². The third-order valence-electron chi connectivity index (χ3n) is 4.78. The quantitative estimate of drug-likeness (QED) is 0.716. The fourth-order valence-electron chi connectivity index (χ4n) is 3.63. The molecule has 4 rings (SSSR count). The van der Waals surface area contributed by atoms with Crippen molar-refractivity contribution in [3.8, 4) is 0 Å². The van der Waals surface area contributed by atoms with E-state index in [1.807, 2.05) is 30.9 Å². The molecule has 1 atom stereocenters. The van der Waals surface area contributed by atoms with Gasteiger partial charge in [-0.05, 0) is 25.3 Å². The van der Waals surface area contributed by atoms with Crippen LogP contribution in [0.25, 0.3) is 5.65 Å². The summed E-state index contributed by atoms with van der Waals surface area (Å²) in [4.78, 5) is 20.7. The van der Waals surface area contributed by atoms with Crippen LogP contribution in [0.15, 0.2) is 29.8 Å². The monoisotopic (exact) mass is 340 g/mol. The Labute approximate surface area is 144 Å². The van der Waals surface area contributed by atoms with Crippen LogP contribution in [-0.4, -0.2) is 31.9 Å². The molecule has 1 aliphatic rings. The molecule has 0 spiro atoms. The molecule has 124 valence electrons. The number of carbonyl (C=O) groups is 1. The van der Waals surface area contributed by atoms with Crippen molar-refractivity contribution in [3.05, 3.63) is 51.6 Å². The number of likely N-dealkylation sites (tertiary alicyclic amines) is 1. The van der Waals surface area contributed by atoms with E-state index < -0.39 is 0 Å². The van der Waals surface area contributed by atoms with Gasteiger partial charge in [0.15, 0.2) is 5.65 Å². The summed E-state index contributed by atoms with van der Waals surface area (Å²) in [6, 6.07) is 6.20. The number of hydrogen-bond acceptors (Lipinski definition) is 4. The highest BCUT2D eigenvalue weighted by molar-refractivity contribution is 7.10. The van der Waals surface area contributed by atoms with Crippen molar-refractivity contribution in [2.75, 3.05) is 6.54 Å². The number of thiophene rings is 1. The summed E-state index contributed by atoms with van der Waals surface area (Å²) in [5, 5.41) is 6.51. The molecule has 5 nitrogen and oxygen atoms in total. The molecule has 3 aromatic rings. The number of fused-ring (bicyclic) bond motifs is 1. The fraction of sp³-hybridized carbons (Fsp3) is 0.389. The Morgan fingerprint density at radius 3 is 2.83 bits per heavy atom. The van der Waals surface area contributed by atoms with Gasteiger partial charge in [-0.2, -0.15) is 5.10 Å². The van der Waals surface area contributed by atoms with Crippen LogP contribution in [0.4, 0.5) is 0 Å². The van der Waals surface area contributed by atoms with Gasteiger partial charge in [0.2, 0.25) is 0 Å². The molecule has 6 heteroatoms. The zero-order valence-electron chi connectivity index (χ0n) is 14.3. The van der Waals surface area contributed by atoms with Crippen LogP contribution in [0.1, 0.15) is 46.5 Å². The van der Waals surface area contributed by atoms with E-state index in [2.05, 4.69) is 35.4 Å². The molecule has 0 saturated carbocycles. The Kier molecular flexibility index (Phi) is 3.28. The third kappa shape index (κ3) is 2.17. The van der Waals surface area contributed by atoms with E-state index in [-0.39, 0.29) is 17.4 Å². The average Bonchev–Trinajstić information content (AvgIpc) is 3.14. The lowest BCUT2D eigenvalue weighted by atomic mass is 9.74. The molecule has 0 radical (unpaired) electrons. The molecule has 3 aromatic heterocycles. The molecular weight excluding hydrogens is 320 g/mol. The summed E-state index contributed by atoms with van der Waals surface area (Å²) in [6.45, 7) is 9.04. The first-order chi connectivity index (χ1) is 11.4. The summed E-state index contributed by atoms with van der Waals surface area (Å²) >= 11 is 1.71. The van der Waals surface area contributed by atoms with Gasteiger partial charge in [-0.1, -0.05) is 19.9 Å². The number of hydrogen-bond donors (Lipinski definition) is 0. The Morgan fingerprint density at radius 1 is 1.38 bits per heavy atom. The third-order valence-corrected chi connectivity index (χ3v) is 5.70. The molecular formula is C18H20N4OS. The highest BCUT2D eigenvalue weighted by Gasteiger charge is 2.49. The molecule has 0 bridgehead atoms. The lowest BCUT2D eigenvalue weighted by Crippen LogP contribution is -2.57. The summed E-state index contributed by atoms with van der Waals surface area (Å²) in [7, 11) is 0. The van der Waals surface area contributed by atoms with E-state index in [4.69, 9.17) is 0 Å². The first-order valence-electron chi connectivity index (χ1n) is 8.05. The Hall–Kier alpha value is -2.21. The highest BCUT2D eigenvalue weighted by atomic mass is 32.1. The second-order valence-corrected chi connectivity index (χ2v) is 8.13. The van der Waals surface area contributed by atoms with E-state index in [1.54, 1.807) is 22.0 Å². The zero-order valence-corrected chi connectivity index (χ0v) is 15.1. The number of aromatic nitrogens is 3. The van der Waals surface area contributed by atoms with Gasteiger partial charge in [0, 0.05) is 29.1 Å². The smallest absolute Gasteiger partial charge is 0.257 e. The number of nitrogens with zero attached hydrogens (tertiary/aromatic N) is 4. The number of rotatable bonds is 2. The summed E-state index contributed by atoms with van der Waals surface area (Å²) < 4.78 is 1.76. The van der Waals surface area contributed by atoms with Crippen molar-refractivity contribution in [3.63, 3.8) is 0 Å². The maximum Gasteiger partial charge on any atom is 0.257 e. The van der Waals surface area contributed by atoms with Crippen LogP contribution in [0.5, 0.6) is 0 Å². The summed E-state index contributed by atoms with van der Waals surface area (Å²) in [5.74, 6) is 0.0350. The lowest BCUT2D eigenvalue weighted by molar-refractivity contribution is -0.0306. The fourth-order valence-corrected chi connectivity index (χ4v) is 4.67. The van der Waals surface area contributed by atoms with E-state index in [0.717, 1.165) is 23.6 Å². The average molecular weight is 340 g/mol. The minimum atomic E-state index is 0.0350. The molecule has 1 saturated heterocycles. The number of amides is 1. The Bertz CT molecular complexity index is 926. The molecule has 4 heterocycles. The first-order valence-corrected chi connectivity index (χ1v) is 8.93. The van der Waals surface area contributed by atoms with Gasteiger partial charge in [-0.3, -0.25) is 4.79 Å². The number of aryl methyl sites for hydroxylation is 2. The van der Waals surface area contributed by atoms with Crippen molar-refractivity contribution < 1.29 is 4.79 Å². The first kappa shape index (κ1) is 15.3. The van der Waals surface area contributed by atoms with Crippen LogP contribution < -0.4 is 0 Å². The van der Waals surface area contributed by atoms with E-state index in [1.165, 1.54) is 4.88 Å². The largest absolute Gasteiger partial charge is 0.329 e. The van der Waals surface area contributed by atoms with E-state index >= 15 is 0 Å². The highest BCUT2D eigenvalue weighted by Crippen LogP contribution is 2.50. The van der Waals surface area contributed by atoms with Crippen molar-refractivity contribution in [1.29, 1.82) is 0 Å². The van der Waals surface area contributed by atoms with Gasteiger partial charge in [0.25, 0.3) is 5.91 Å². The van der Waals surface area contributed by atoms with Gasteiger partial charge in [0.1, 0.15) is 0 Å². The van der Waals surface area contributed by atoms with E-state index in [9.17, 15) is 4.79 Å². The Balaban J connectivity index is 1.73. The van der Waals surface area contributed by atoms with Gasteiger partial charge >= 0.3 is 0 Å². The van der Waals surface area contributed by atoms with Crippen molar-refractivity contribution in [1.82, 2.24) is 19.5 Å². The van der Waals surface area contributed by atoms with E-state index in [0.29, 0.717) is 5.56 Å². The lowest BCUT2D eigenvalue weighted by Gasteiger charge is -2.54. The standard InChI is InChI=1S/C18H20N4OS/c1-11-8-15-19-9-13(12(2)22(15)20-11)17(23)21-10-18(3,4)16(21)14-6-5-7-24-14/h5-9,16H,10H2,1-4H3. The van der Waals surface area contributed by atoms with Crippen LogP contribution in [0.3, 0.4) is 0 Å². The maximum atomic E-state index is 13.1. The van der Waals surface area contributed by atoms with Crippen molar-refractivity contribution in [2.24, 2.45) is 5.41 Å². The summed E-state index contributed by atoms with van der Waals surface area (Å²) in [6.07, 6.45) is 1.69. The Morgan fingerprint density at radius 2 is 2.17 bits per heavy atom. The van der Waals surface area contributed by atoms with Crippen molar-refractivity contribution >= 4 is 22.9 Å². The maximum absolute atomic E-state index is 13.1. The van der Waals surface area contributed by atoms with Crippen LogP contribution in [0.2, 0.25) is 0 Å². The molecule has 0 N–H and O–H groups in total. The van der Waals surface area contributed by atoms with Crippen LogP contribution in [-0.2, 0) is 0 Å².